The summed E-state index contributed by atoms with van der Waals surface area (Å²) in [4.78, 5) is 29.2. The van der Waals surface area contributed by atoms with E-state index in [1.165, 1.54) is 6.92 Å². The predicted molar refractivity (Wildman–Crippen MR) is 57.1 cm³/mol. The van der Waals surface area contributed by atoms with Crippen LogP contribution >= 0.6 is 0 Å². The van der Waals surface area contributed by atoms with Crippen molar-refractivity contribution >= 4 is 16.7 Å². The fraction of sp³-hybridized carbons (Fsp3) is 0.182. The van der Waals surface area contributed by atoms with Crippen LogP contribution in [0.15, 0.2) is 23.0 Å². The Hall–Kier alpha value is -1.97. The minimum Gasteiger partial charge on any atom is -0.303 e. The minimum absolute atomic E-state index is 0.108. The highest BCUT2D eigenvalue weighted by Gasteiger charge is 2.06. The zero-order valence-corrected chi connectivity index (χ0v) is 8.50. The number of aromatic nitrogens is 2. The van der Waals surface area contributed by atoms with Crippen molar-refractivity contribution in [3.8, 4) is 0 Å². The smallest absolute Gasteiger partial charge is 0.259 e. The van der Waals surface area contributed by atoms with Crippen molar-refractivity contribution in [1.29, 1.82) is 0 Å². The van der Waals surface area contributed by atoms with Crippen LogP contribution in [0.1, 0.15) is 23.1 Å². The molecule has 1 N–H and O–H groups in total. The van der Waals surface area contributed by atoms with Crippen molar-refractivity contribution in [2.45, 2.75) is 13.8 Å². The molecule has 0 atom stereocenters. The van der Waals surface area contributed by atoms with Crippen LogP contribution in [0.2, 0.25) is 0 Å². The van der Waals surface area contributed by atoms with E-state index >= 15 is 0 Å². The standard InChI is InChI=1S/C11H10N2O2/c1-6-3-4-9-8(5-6)11(15)13-10(12-9)7(2)14/h3-5H,1-2H3,(H,12,13,15). The highest BCUT2D eigenvalue weighted by atomic mass is 16.1. The van der Waals surface area contributed by atoms with Gasteiger partial charge in [0.25, 0.3) is 5.56 Å². The Labute approximate surface area is 86.0 Å². The number of benzene rings is 1. The number of hydrogen-bond donors (Lipinski definition) is 1. The van der Waals surface area contributed by atoms with E-state index in [1.807, 2.05) is 13.0 Å². The van der Waals surface area contributed by atoms with Gasteiger partial charge in [0.15, 0.2) is 11.6 Å². The van der Waals surface area contributed by atoms with Crippen molar-refractivity contribution < 1.29 is 4.79 Å². The van der Waals surface area contributed by atoms with Gasteiger partial charge in [-0.1, -0.05) is 11.6 Å². The first-order chi connectivity index (χ1) is 7.08. The second-order valence-electron chi connectivity index (χ2n) is 3.49. The fourth-order valence-electron chi connectivity index (χ4n) is 1.42. The summed E-state index contributed by atoms with van der Waals surface area (Å²) in [5.41, 5.74) is 1.27. The van der Waals surface area contributed by atoms with Crippen molar-refractivity contribution in [2.24, 2.45) is 0 Å². The van der Waals surface area contributed by atoms with Crippen LogP contribution < -0.4 is 5.56 Å². The Balaban J connectivity index is 2.84. The maximum absolute atomic E-state index is 11.6. The van der Waals surface area contributed by atoms with Gasteiger partial charge in [0.05, 0.1) is 10.9 Å². The maximum atomic E-state index is 11.6. The summed E-state index contributed by atoms with van der Waals surface area (Å²) in [6.07, 6.45) is 0. The molecule has 1 heterocycles. The van der Waals surface area contributed by atoms with Gasteiger partial charge >= 0.3 is 0 Å². The molecule has 0 aliphatic rings. The largest absolute Gasteiger partial charge is 0.303 e. The van der Waals surface area contributed by atoms with Crippen molar-refractivity contribution in [3.05, 3.63) is 39.9 Å². The molecular weight excluding hydrogens is 192 g/mol. The number of rotatable bonds is 1. The SMILES string of the molecule is CC(=O)c1nc2ccc(C)cc2c(=O)[nH]1. The molecule has 2 rings (SSSR count). The van der Waals surface area contributed by atoms with E-state index in [2.05, 4.69) is 9.97 Å². The molecule has 0 aliphatic carbocycles. The Morgan fingerprint density at radius 3 is 2.80 bits per heavy atom. The lowest BCUT2D eigenvalue weighted by Crippen LogP contribution is -2.14. The molecule has 4 heteroatoms. The van der Waals surface area contributed by atoms with E-state index < -0.39 is 0 Å². The van der Waals surface area contributed by atoms with Crippen LogP contribution in [0.4, 0.5) is 0 Å². The Kier molecular flexibility index (Phi) is 2.11. The van der Waals surface area contributed by atoms with Gasteiger partial charge in [-0.15, -0.1) is 0 Å². The average Bonchev–Trinajstić information content (AvgIpc) is 2.18. The number of hydrogen-bond acceptors (Lipinski definition) is 3. The third-order valence-corrected chi connectivity index (χ3v) is 2.19. The van der Waals surface area contributed by atoms with E-state index in [4.69, 9.17) is 0 Å². The van der Waals surface area contributed by atoms with Crippen LogP contribution in [-0.2, 0) is 0 Å². The molecule has 0 saturated carbocycles. The third-order valence-electron chi connectivity index (χ3n) is 2.19. The molecule has 0 unspecified atom stereocenters. The van der Waals surface area contributed by atoms with Crippen LogP contribution in [-0.4, -0.2) is 15.8 Å². The summed E-state index contributed by atoms with van der Waals surface area (Å²) in [6, 6.07) is 5.36. The summed E-state index contributed by atoms with van der Waals surface area (Å²) in [6.45, 7) is 3.27. The number of nitrogens with one attached hydrogen (secondary N) is 1. The van der Waals surface area contributed by atoms with Crippen molar-refractivity contribution in [1.82, 2.24) is 9.97 Å². The number of fused-ring (bicyclic) bond motifs is 1. The van der Waals surface area contributed by atoms with Crippen molar-refractivity contribution in [3.63, 3.8) is 0 Å². The predicted octanol–water partition coefficient (Wildman–Crippen LogP) is 1.43. The lowest BCUT2D eigenvalue weighted by molar-refractivity contribution is 0.100. The molecule has 0 radical (unpaired) electrons. The number of ketones is 1. The summed E-state index contributed by atoms with van der Waals surface area (Å²) < 4.78 is 0. The summed E-state index contributed by atoms with van der Waals surface area (Å²) in [5, 5.41) is 0.514. The maximum Gasteiger partial charge on any atom is 0.259 e. The first-order valence-corrected chi connectivity index (χ1v) is 4.59. The number of aryl methyl sites for hydroxylation is 1. The molecule has 0 amide bonds. The molecule has 0 bridgehead atoms. The monoisotopic (exact) mass is 202 g/mol. The molecule has 1 aromatic heterocycles. The van der Waals surface area contributed by atoms with Crippen molar-refractivity contribution in [2.75, 3.05) is 0 Å². The first kappa shape index (κ1) is 9.58. The number of carbonyl (C=O) groups excluding carboxylic acids is 1. The Morgan fingerprint density at radius 1 is 1.40 bits per heavy atom. The van der Waals surface area contributed by atoms with E-state index in [0.29, 0.717) is 10.9 Å². The van der Waals surface area contributed by atoms with Gasteiger partial charge in [0.1, 0.15) is 0 Å². The van der Waals surface area contributed by atoms with Gasteiger partial charge < -0.3 is 4.98 Å². The number of nitrogens with zero attached hydrogens (tertiary/aromatic N) is 1. The van der Waals surface area contributed by atoms with Crippen LogP contribution in [0.3, 0.4) is 0 Å². The Morgan fingerprint density at radius 2 is 2.13 bits per heavy atom. The molecule has 0 spiro atoms. The second-order valence-corrected chi connectivity index (χ2v) is 3.49. The summed E-state index contributed by atoms with van der Waals surface area (Å²) >= 11 is 0. The number of carbonyl (C=O) groups is 1. The number of aromatic amines is 1. The quantitative estimate of drug-likeness (QED) is 0.711. The topological polar surface area (TPSA) is 62.8 Å². The molecule has 4 nitrogen and oxygen atoms in total. The number of H-pyrrole nitrogens is 1. The zero-order valence-electron chi connectivity index (χ0n) is 8.50. The average molecular weight is 202 g/mol. The molecule has 0 fully saturated rings. The van der Waals surface area contributed by atoms with E-state index in [9.17, 15) is 9.59 Å². The number of Topliss-reactive ketones (excluding diaryl/α,β-unsaturated/α-hetero) is 1. The van der Waals surface area contributed by atoms with Crippen LogP contribution in [0.25, 0.3) is 10.9 Å². The minimum atomic E-state index is -0.270. The van der Waals surface area contributed by atoms with Gasteiger partial charge in [-0.05, 0) is 19.1 Å². The molecule has 1 aromatic carbocycles. The fourth-order valence-corrected chi connectivity index (χ4v) is 1.42. The zero-order chi connectivity index (χ0) is 11.0. The van der Waals surface area contributed by atoms with E-state index in [-0.39, 0.29) is 17.2 Å². The molecule has 15 heavy (non-hydrogen) atoms. The van der Waals surface area contributed by atoms with Crippen LogP contribution in [0.5, 0.6) is 0 Å². The lowest BCUT2D eigenvalue weighted by atomic mass is 10.1. The summed E-state index contributed by atoms with van der Waals surface area (Å²) in [7, 11) is 0. The molecule has 0 saturated heterocycles. The van der Waals surface area contributed by atoms with Gasteiger partial charge in [-0.25, -0.2) is 4.98 Å². The second kappa shape index (κ2) is 3.31. The lowest BCUT2D eigenvalue weighted by Gasteiger charge is -2.00. The molecular formula is C11H10N2O2. The van der Waals surface area contributed by atoms with Gasteiger partial charge in [0.2, 0.25) is 0 Å². The first-order valence-electron chi connectivity index (χ1n) is 4.59. The van der Waals surface area contributed by atoms with Gasteiger partial charge in [-0.2, -0.15) is 0 Å². The molecule has 76 valence electrons. The van der Waals surface area contributed by atoms with E-state index in [1.54, 1.807) is 12.1 Å². The Bertz CT molecular complexity index is 599. The summed E-state index contributed by atoms with van der Waals surface area (Å²) in [5.74, 6) is -0.133. The molecule has 2 aromatic rings. The highest BCUT2D eigenvalue weighted by Crippen LogP contribution is 2.09. The van der Waals surface area contributed by atoms with Gasteiger partial charge in [-0.3, -0.25) is 9.59 Å². The van der Waals surface area contributed by atoms with Crippen LogP contribution in [0, 0.1) is 6.92 Å². The highest BCUT2D eigenvalue weighted by molar-refractivity contribution is 5.92. The van der Waals surface area contributed by atoms with E-state index in [0.717, 1.165) is 5.56 Å². The van der Waals surface area contributed by atoms with Gasteiger partial charge in [0, 0.05) is 6.92 Å². The molecule has 0 aliphatic heterocycles. The third kappa shape index (κ3) is 1.66. The normalized spacial score (nSPS) is 10.5.